The Morgan fingerprint density at radius 3 is 2.58 bits per heavy atom. The third-order valence-electron chi connectivity index (χ3n) is 5.12. The number of piperazine rings is 1. The summed E-state index contributed by atoms with van der Waals surface area (Å²) in [6.45, 7) is 2.65. The molecule has 2 heterocycles. The molecule has 0 amide bonds. The molecule has 0 saturated carbocycles. The number of ether oxygens (including phenoxy) is 1. The van der Waals surface area contributed by atoms with Gasteiger partial charge in [0.1, 0.15) is 15.7 Å². The van der Waals surface area contributed by atoms with Crippen molar-refractivity contribution < 1.29 is 13.2 Å². The highest BCUT2D eigenvalue weighted by Gasteiger charge is 2.30. The van der Waals surface area contributed by atoms with E-state index in [-0.39, 0.29) is 9.92 Å². The quantitative estimate of drug-likeness (QED) is 0.496. The van der Waals surface area contributed by atoms with Crippen LogP contribution < -0.4 is 4.74 Å². The summed E-state index contributed by atoms with van der Waals surface area (Å²) in [7, 11) is -2.04. The number of para-hydroxylation sites is 1. The predicted molar refractivity (Wildman–Crippen MR) is 125 cm³/mol. The highest BCUT2D eigenvalue weighted by molar-refractivity contribution is 7.89. The Balaban J connectivity index is 1.41. The maximum atomic E-state index is 13.0. The van der Waals surface area contributed by atoms with Crippen LogP contribution in [0, 0.1) is 0 Å². The van der Waals surface area contributed by atoms with Crippen LogP contribution in [0.2, 0.25) is 10.0 Å². The van der Waals surface area contributed by atoms with Crippen molar-refractivity contribution in [1.82, 2.24) is 14.2 Å². The molecule has 6 nitrogen and oxygen atoms in total. The standard InChI is InChI=1S/C21H21Cl2N3O3S2/c1-29-19-5-3-2-4-17(19)21-24-16(14-30-21)13-25-8-10-26(11-9-25)31(27,28)20-12-15(22)6-7-18(20)23/h2-7,12,14H,8-11,13H2,1H3. The Hall–Kier alpha value is -1.68. The van der Waals surface area contributed by atoms with E-state index in [1.807, 2.05) is 29.6 Å². The zero-order chi connectivity index (χ0) is 22.0. The van der Waals surface area contributed by atoms with Gasteiger partial charge in [-0.1, -0.05) is 35.3 Å². The number of thiazole rings is 1. The fourth-order valence-corrected chi connectivity index (χ4v) is 6.50. The molecule has 0 N–H and O–H groups in total. The number of rotatable bonds is 6. The third-order valence-corrected chi connectivity index (χ3v) is 8.66. The van der Waals surface area contributed by atoms with Crippen LogP contribution in [0.5, 0.6) is 5.75 Å². The van der Waals surface area contributed by atoms with Crippen molar-refractivity contribution in [3.8, 4) is 16.3 Å². The Bertz CT molecular complexity index is 1180. The van der Waals surface area contributed by atoms with Crippen molar-refractivity contribution in [2.24, 2.45) is 0 Å². The molecule has 1 aromatic heterocycles. The van der Waals surface area contributed by atoms with Gasteiger partial charge in [0.05, 0.1) is 23.4 Å². The Kier molecular flexibility index (Phi) is 6.86. The van der Waals surface area contributed by atoms with Gasteiger partial charge in [-0.05, 0) is 30.3 Å². The molecule has 0 radical (unpaired) electrons. The minimum absolute atomic E-state index is 0.0519. The maximum absolute atomic E-state index is 13.0. The highest BCUT2D eigenvalue weighted by Crippen LogP contribution is 2.32. The predicted octanol–water partition coefficient (Wildman–Crippen LogP) is 4.63. The van der Waals surface area contributed by atoms with Crippen LogP contribution in [0.3, 0.4) is 0 Å². The van der Waals surface area contributed by atoms with Gasteiger partial charge in [0.2, 0.25) is 10.0 Å². The first-order valence-corrected chi connectivity index (χ1v) is 12.7. The van der Waals surface area contributed by atoms with Crippen LogP contribution in [0.15, 0.2) is 52.7 Å². The van der Waals surface area contributed by atoms with Crippen LogP contribution in [0.25, 0.3) is 10.6 Å². The summed E-state index contributed by atoms with van der Waals surface area (Å²) in [4.78, 5) is 7.01. The SMILES string of the molecule is COc1ccccc1-c1nc(CN2CCN(S(=O)(=O)c3cc(Cl)ccc3Cl)CC2)cs1. The molecule has 4 rings (SSSR count). The maximum Gasteiger partial charge on any atom is 0.244 e. The summed E-state index contributed by atoms with van der Waals surface area (Å²) in [6, 6.07) is 12.3. The smallest absolute Gasteiger partial charge is 0.244 e. The van der Waals surface area contributed by atoms with Gasteiger partial charge in [-0.15, -0.1) is 11.3 Å². The normalized spacial score (nSPS) is 15.8. The molecule has 0 bridgehead atoms. The first kappa shape index (κ1) is 22.5. The monoisotopic (exact) mass is 497 g/mol. The lowest BCUT2D eigenvalue weighted by molar-refractivity contribution is 0.180. The van der Waals surface area contributed by atoms with Crippen LogP contribution in [0.4, 0.5) is 0 Å². The summed E-state index contributed by atoms with van der Waals surface area (Å²) in [5.41, 5.74) is 1.93. The second kappa shape index (κ2) is 9.44. The summed E-state index contributed by atoms with van der Waals surface area (Å²) in [5.74, 6) is 0.793. The summed E-state index contributed by atoms with van der Waals surface area (Å²) >= 11 is 13.7. The van der Waals surface area contributed by atoms with Gasteiger partial charge < -0.3 is 4.74 Å². The molecule has 31 heavy (non-hydrogen) atoms. The average molecular weight is 498 g/mol. The van der Waals surface area contributed by atoms with E-state index in [0.29, 0.717) is 37.7 Å². The molecule has 0 atom stereocenters. The Morgan fingerprint density at radius 2 is 1.84 bits per heavy atom. The molecule has 1 aliphatic heterocycles. The summed E-state index contributed by atoms with van der Waals surface area (Å²) in [5, 5.41) is 3.47. The number of hydrogen-bond acceptors (Lipinski definition) is 6. The fourth-order valence-electron chi connectivity index (χ4n) is 3.50. The number of methoxy groups -OCH3 is 1. The van der Waals surface area contributed by atoms with E-state index >= 15 is 0 Å². The molecule has 0 unspecified atom stereocenters. The molecule has 10 heteroatoms. The molecule has 1 aliphatic rings. The van der Waals surface area contributed by atoms with Gasteiger partial charge in [0, 0.05) is 43.1 Å². The lowest BCUT2D eigenvalue weighted by Gasteiger charge is -2.33. The first-order chi connectivity index (χ1) is 14.9. The van der Waals surface area contributed by atoms with Gasteiger partial charge in [-0.25, -0.2) is 13.4 Å². The molecule has 2 aromatic carbocycles. The van der Waals surface area contributed by atoms with Crippen LogP contribution >= 0.6 is 34.5 Å². The molecule has 1 fully saturated rings. The molecule has 3 aromatic rings. The number of nitrogens with zero attached hydrogens (tertiary/aromatic N) is 3. The van der Waals surface area contributed by atoms with Crippen molar-refractivity contribution >= 4 is 44.6 Å². The van der Waals surface area contributed by atoms with E-state index in [0.717, 1.165) is 22.0 Å². The Morgan fingerprint density at radius 1 is 1.10 bits per heavy atom. The largest absolute Gasteiger partial charge is 0.496 e. The van der Waals surface area contributed by atoms with Gasteiger partial charge in [-0.3, -0.25) is 4.90 Å². The Labute approximate surface area is 196 Å². The average Bonchev–Trinajstić information content (AvgIpc) is 3.24. The zero-order valence-corrected chi connectivity index (χ0v) is 19.9. The van der Waals surface area contributed by atoms with Gasteiger partial charge >= 0.3 is 0 Å². The van der Waals surface area contributed by atoms with Crippen LogP contribution in [-0.4, -0.2) is 55.9 Å². The van der Waals surface area contributed by atoms with E-state index in [1.54, 1.807) is 24.5 Å². The molecule has 1 saturated heterocycles. The second-order valence-corrected chi connectivity index (χ2v) is 10.7. The summed E-state index contributed by atoms with van der Waals surface area (Å²) < 4.78 is 32.9. The van der Waals surface area contributed by atoms with Crippen LogP contribution in [-0.2, 0) is 16.6 Å². The van der Waals surface area contributed by atoms with Crippen molar-refractivity contribution in [3.63, 3.8) is 0 Å². The molecule has 0 aliphatic carbocycles. The molecular formula is C21H21Cl2N3O3S2. The minimum atomic E-state index is -3.69. The van der Waals surface area contributed by atoms with E-state index in [1.165, 1.54) is 16.4 Å². The molecule has 164 valence electrons. The van der Waals surface area contributed by atoms with Crippen molar-refractivity contribution in [1.29, 1.82) is 0 Å². The van der Waals surface area contributed by atoms with E-state index in [2.05, 4.69) is 4.90 Å². The lowest BCUT2D eigenvalue weighted by atomic mass is 10.2. The number of benzene rings is 2. The lowest BCUT2D eigenvalue weighted by Crippen LogP contribution is -2.48. The third kappa shape index (κ3) is 4.89. The minimum Gasteiger partial charge on any atom is -0.496 e. The van der Waals surface area contributed by atoms with E-state index in [9.17, 15) is 8.42 Å². The van der Waals surface area contributed by atoms with Gasteiger partial charge in [0.15, 0.2) is 0 Å². The number of aromatic nitrogens is 1. The van der Waals surface area contributed by atoms with Gasteiger partial charge in [0.25, 0.3) is 0 Å². The molecular weight excluding hydrogens is 477 g/mol. The summed E-state index contributed by atoms with van der Waals surface area (Å²) in [6.07, 6.45) is 0. The number of sulfonamides is 1. The fraction of sp³-hybridized carbons (Fsp3) is 0.286. The topological polar surface area (TPSA) is 62.7 Å². The number of hydrogen-bond donors (Lipinski definition) is 0. The van der Waals surface area contributed by atoms with Crippen LogP contribution in [0.1, 0.15) is 5.69 Å². The number of halogens is 2. The van der Waals surface area contributed by atoms with Crippen molar-refractivity contribution in [3.05, 3.63) is 63.6 Å². The van der Waals surface area contributed by atoms with E-state index in [4.69, 9.17) is 32.9 Å². The molecule has 0 spiro atoms. The second-order valence-electron chi connectivity index (χ2n) is 7.10. The van der Waals surface area contributed by atoms with Gasteiger partial charge in [-0.2, -0.15) is 4.31 Å². The first-order valence-electron chi connectivity index (χ1n) is 9.64. The zero-order valence-electron chi connectivity index (χ0n) is 16.8. The highest BCUT2D eigenvalue weighted by atomic mass is 35.5. The van der Waals surface area contributed by atoms with E-state index < -0.39 is 10.0 Å². The van der Waals surface area contributed by atoms with Crippen molar-refractivity contribution in [2.45, 2.75) is 11.4 Å². The van der Waals surface area contributed by atoms with Crippen molar-refractivity contribution in [2.75, 3.05) is 33.3 Å².